The summed E-state index contributed by atoms with van der Waals surface area (Å²) in [6, 6.07) is 0. The minimum absolute atomic E-state index is 0.804. The molecule has 0 amide bonds. The summed E-state index contributed by atoms with van der Waals surface area (Å²) in [5, 5.41) is 0. The van der Waals surface area contributed by atoms with E-state index in [1.165, 1.54) is 64.2 Å². The Hall–Kier alpha value is -0.300. The minimum atomic E-state index is 0.804. The lowest BCUT2D eigenvalue weighted by atomic mass is 9.95. The molecule has 0 aromatic carbocycles. The SMILES string of the molecule is C=C.CC.CCCCCCC(CN)CCCCCC. The maximum atomic E-state index is 5.80. The van der Waals surface area contributed by atoms with Crippen molar-refractivity contribution in [1.29, 1.82) is 0 Å². The zero-order valence-electron chi connectivity index (χ0n) is 14.3. The van der Waals surface area contributed by atoms with Gasteiger partial charge in [0.25, 0.3) is 0 Å². The van der Waals surface area contributed by atoms with Crippen LogP contribution < -0.4 is 5.73 Å². The summed E-state index contributed by atoms with van der Waals surface area (Å²) in [5.74, 6) is 0.804. The van der Waals surface area contributed by atoms with Crippen molar-refractivity contribution >= 4 is 0 Å². The maximum Gasteiger partial charge on any atom is -0.00489 e. The van der Waals surface area contributed by atoms with Crippen molar-refractivity contribution < 1.29 is 0 Å². The first kappa shape index (κ1) is 23.8. The molecule has 1 nitrogen and oxygen atoms in total. The van der Waals surface area contributed by atoms with Gasteiger partial charge in [-0.1, -0.05) is 79.1 Å². The van der Waals surface area contributed by atoms with Gasteiger partial charge in [0, 0.05) is 0 Å². The number of unbranched alkanes of at least 4 members (excludes halogenated alkanes) is 6. The van der Waals surface area contributed by atoms with Crippen molar-refractivity contribution in [3.05, 3.63) is 13.2 Å². The first-order chi connectivity index (χ1) is 9.35. The van der Waals surface area contributed by atoms with E-state index in [1.807, 2.05) is 13.8 Å². The van der Waals surface area contributed by atoms with Gasteiger partial charge in [-0.15, -0.1) is 13.2 Å². The third-order valence-corrected chi connectivity index (χ3v) is 3.27. The van der Waals surface area contributed by atoms with E-state index in [0.29, 0.717) is 0 Å². The van der Waals surface area contributed by atoms with E-state index in [4.69, 9.17) is 5.73 Å². The van der Waals surface area contributed by atoms with Crippen LogP contribution >= 0.6 is 0 Å². The Morgan fingerprint density at radius 3 is 1.37 bits per heavy atom. The van der Waals surface area contributed by atoms with Crippen molar-refractivity contribution in [2.45, 2.75) is 91.9 Å². The molecule has 2 N–H and O–H groups in total. The Morgan fingerprint density at radius 2 is 1.11 bits per heavy atom. The molecule has 19 heavy (non-hydrogen) atoms. The first-order valence-electron chi connectivity index (χ1n) is 8.55. The second-order valence-corrected chi connectivity index (χ2v) is 4.80. The van der Waals surface area contributed by atoms with Crippen LogP contribution in [0.5, 0.6) is 0 Å². The van der Waals surface area contributed by atoms with E-state index in [1.54, 1.807) is 0 Å². The molecule has 0 atom stereocenters. The molecule has 0 aliphatic carbocycles. The second-order valence-electron chi connectivity index (χ2n) is 4.80. The average molecular weight is 272 g/mol. The van der Waals surface area contributed by atoms with Crippen LogP contribution in [0.25, 0.3) is 0 Å². The molecule has 0 unspecified atom stereocenters. The predicted octanol–water partition coefficient (Wildman–Crippen LogP) is 6.33. The van der Waals surface area contributed by atoms with Crippen LogP contribution in [-0.2, 0) is 0 Å². The largest absolute Gasteiger partial charge is 0.330 e. The summed E-state index contributed by atoms with van der Waals surface area (Å²) < 4.78 is 0. The fraction of sp³-hybridized carbons (Fsp3) is 0.889. The van der Waals surface area contributed by atoms with E-state index in [9.17, 15) is 0 Å². The van der Waals surface area contributed by atoms with Crippen LogP contribution in [0, 0.1) is 5.92 Å². The monoisotopic (exact) mass is 271 g/mol. The van der Waals surface area contributed by atoms with Gasteiger partial charge in [0.05, 0.1) is 0 Å². The summed E-state index contributed by atoms with van der Waals surface area (Å²) in [6.07, 6.45) is 13.8. The molecule has 0 aromatic rings. The molecule has 0 aromatic heterocycles. The summed E-state index contributed by atoms with van der Waals surface area (Å²) in [7, 11) is 0. The number of hydrogen-bond acceptors (Lipinski definition) is 1. The lowest BCUT2D eigenvalue weighted by Crippen LogP contribution is -2.14. The van der Waals surface area contributed by atoms with E-state index in [2.05, 4.69) is 27.0 Å². The molecule has 0 heterocycles. The predicted molar refractivity (Wildman–Crippen MR) is 92.7 cm³/mol. The quantitative estimate of drug-likeness (QED) is 0.345. The highest BCUT2D eigenvalue weighted by molar-refractivity contribution is 4.60. The van der Waals surface area contributed by atoms with Gasteiger partial charge in [-0.2, -0.15) is 0 Å². The van der Waals surface area contributed by atoms with Crippen molar-refractivity contribution in [2.75, 3.05) is 6.54 Å². The normalized spacial score (nSPS) is 9.37. The number of nitrogens with two attached hydrogens (primary N) is 1. The van der Waals surface area contributed by atoms with Crippen molar-refractivity contribution in [2.24, 2.45) is 11.7 Å². The molecule has 118 valence electrons. The highest BCUT2D eigenvalue weighted by atomic mass is 14.5. The average Bonchev–Trinajstić information content (AvgIpc) is 2.50. The van der Waals surface area contributed by atoms with Crippen molar-refractivity contribution in [3.63, 3.8) is 0 Å². The molecule has 0 fully saturated rings. The Kier molecular flexibility index (Phi) is 32.9. The second kappa shape index (κ2) is 26.3. The molecular weight excluding hydrogens is 230 g/mol. The Labute approximate surface area is 124 Å². The van der Waals surface area contributed by atoms with Gasteiger partial charge in [0.1, 0.15) is 0 Å². The highest BCUT2D eigenvalue weighted by Crippen LogP contribution is 2.17. The van der Waals surface area contributed by atoms with Crippen LogP contribution in [0.4, 0.5) is 0 Å². The van der Waals surface area contributed by atoms with Gasteiger partial charge < -0.3 is 5.73 Å². The molecule has 0 bridgehead atoms. The molecule has 0 spiro atoms. The van der Waals surface area contributed by atoms with Crippen molar-refractivity contribution in [3.8, 4) is 0 Å². The van der Waals surface area contributed by atoms with E-state index >= 15 is 0 Å². The smallest absolute Gasteiger partial charge is 0.00489 e. The van der Waals surface area contributed by atoms with Gasteiger partial charge in [0.15, 0.2) is 0 Å². The van der Waals surface area contributed by atoms with Crippen LogP contribution in [0.15, 0.2) is 13.2 Å². The minimum Gasteiger partial charge on any atom is -0.330 e. The maximum absolute atomic E-state index is 5.80. The molecule has 0 radical (unpaired) electrons. The number of hydrogen-bond donors (Lipinski definition) is 1. The lowest BCUT2D eigenvalue weighted by Gasteiger charge is -2.14. The van der Waals surface area contributed by atoms with E-state index in [-0.39, 0.29) is 0 Å². The molecule has 0 aliphatic rings. The summed E-state index contributed by atoms with van der Waals surface area (Å²) in [5.41, 5.74) is 5.80. The standard InChI is InChI=1S/C14H31N.C2H6.C2H4/c1-3-5-7-9-11-14(13-15)12-10-8-6-4-2;2*1-2/h14H,3-13,15H2,1-2H3;1-2H3;1-2H2. The summed E-state index contributed by atoms with van der Waals surface area (Å²) in [6.45, 7) is 15.4. The highest BCUT2D eigenvalue weighted by Gasteiger charge is 2.05. The Bertz CT molecular complexity index is 111. The third kappa shape index (κ3) is 23.2. The molecular formula is C18H41N. The van der Waals surface area contributed by atoms with E-state index < -0.39 is 0 Å². The molecule has 0 rings (SSSR count). The van der Waals surface area contributed by atoms with Gasteiger partial charge in [0.2, 0.25) is 0 Å². The fourth-order valence-corrected chi connectivity index (χ4v) is 2.10. The summed E-state index contributed by atoms with van der Waals surface area (Å²) >= 11 is 0. The van der Waals surface area contributed by atoms with E-state index in [0.717, 1.165) is 12.5 Å². The van der Waals surface area contributed by atoms with Gasteiger partial charge in [-0.25, -0.2) is 0 Å². The zero-order valence-corrected chi connectivity index (χ0v) is 14.3. The fourth-order valence-electron chi connectivity index (χ4n) is 2.10. The summed E-state index contributed by atoms with van der Waals surface area (Å²) in [4.78, 5) is 0. The van der Waals surface area contributed by atoms with Crippen LogP contribution in [0.1, 0.15) is 91.9 Å². The third-order valence-electron chi connectivity index (χ3n) is 3.27. The van der Waals surface area contributed by atoms with Gasteiger partial charge in [-0.05, 0) is 25.3 Å². The van der Waals surface area contributed by atoms with Crippen LogP contribution in [-0.4, -0.2) is 6.54 Å². The van der Waals surface area contributed by atoms with Crippen molar-refractivity contribution in [1.82, 2.24) is 0 Å². The Balaban J connectivity index is -0.000000579. The zero-order chi connectivity index (χ0) is 15.4. The van der Waals surface area contributed by atoms with Gasteiger partial charge in [-0.3, -0.25) is 0 Å². The molecule has 1 heteroatoms. The molecule has 0 aliphatic heterocycles. The molecule has 0 saturated carbocycles. The van der Waals surface area contributed by atoms with Gasteiger partial charge >= 0.3 is 0 Å². The number of rotatable bonds is 11. The first-order valence-corrected chi connectivity index (χ1v) is 8.55. The van der Waals surface area contributed by atoms with Crippen LogP contribution in [0.3, 0.4) is 0 Å². The van der Waals surface area contributed by atoms with Crippen LogP contribution in [0.2, 0.25) is 0 Å². The lowest BCUT2D eigenvalue weighted by molar-refractivity contribution is 0.414. The topological polar surface area (TPSA) is 26.0 Å². The molecule has 0 saturated heterocycles. The Morgan fingerprint density at radius 1 is 0.737 bits per heavy atom.